The Hall–Kier alpha value is -1.68. The SMILES string of the molecule is CCCNC(Cc1cc(F)ccc1F)c1cc(C)oc1C. The standard InChI is InChI=1S/C17H21F2NO/c1-4-7-20-17(15-8-11(2)21-12(15)3)10-13-9-14(18)5-6-16(13)19/h5-6,8-9,17,20H,4,7,10H2,1-3H3. The van der Waals surface area contributed by atoms with Crippen LogP contribution in [0.4, 0.5) is 8.78 Å². The van der Waals surface area contributed by atoms with Crippen LogP contribution in [0.25, 0.3) is 0 Å². The molecule has 1 N–H and O–H groups in total. The molecule has 0 saturated carbocycles. The summed E-state index contributed by atoms with van der Waals surface area (Å²) in [6.07, 6.45) is 1.36. The van der Waals surface area contributed by atoms with Gasteiger partial charge in [0.15, 0.2) is 0 Å². The van der Waals surface area contributed by atoms with E-state index in [4.69, 9.17) is 4.42 Å². The lowest BCUT2D eigenvalue weighted by Crippen LogP contribution is -2.24. The molecular weight excluding hydrogens is 272 g/mol. The zero-order valence-corrected chi connectivity index (χ0v) is 12.7. The van der Waals surface area contributed by atoms with Gasteiger partial charge in [-0.15, -0.1) is 0 Å². The number of nitrogens with one attached hydrogen (secondary N) is 1. The molecule has 2 aromatic rings. The van der Waals surface area contributed by atoms with Gasteiger partial charge in [-0.25, -0.2) is 8.78 Å². The second-order valence-corrected chi connectivity index (χ2v) is 5.32. The molecule has 0 spiro atoms. The van der Waals surface area contributed by atoms with Crippen molar-refractivity contribution in [3.63, 3.8) is 0 Å². The Morgan fingerprint density at radius 2 is 1.95 bits per heavy atom. The lowest BCUT2D eigenvalue weighted by molar-refractivity contribution is 0.475. The van der Waals surface area contributed by atoms with Gasteiger partial charge in [0.1, 0.15) is 23.2 Å². The molecule has 1 aromatic carbocycles. The normalized spacial score (nSPS) is 12.6. The molecule has 0 aliphatic rings. The first-order valence-electron chi connectivity index (χ1n) is 7.25. The summed E-state index contributed by atoms with van der Waals surface area (Å²) in [5.41, 5.74) is 1.38. The smallest absolute Gasteiger partial charge is 0.126 e. The molecule has 0 bridgehead atoms. The third-order valence-corrected chi connectivity index (χ3v) is 3.53. The number of rotatable bonds is 6. The first-order valence-corrected chi connectivity index (χ1v) is 7.25. The molecule has 1 unspecified atom stereocenters. The van der Waals surface area contributed by atoms with Gasteiger partial charge in [-0.2, -0.15) is 0 Å². The summed E-state index contributed by atoms with van der Waals surface area (Å²) in [6.45, 7) is 6.66. The van der Waals surface area contributed by atoms with Crippen LogP contribution in [0.1, 0.15) is 42.0 Å². The van der Waals surface area contributed by atoms with Crippen molar-refractivity contribution in [3.05, 3.63) is 58.5 Å². The molecular formula is C17H21F2NO. The van der Waals surface area contributed by atoms with E-state index >= 15 is 0 Å². The third kappa shape index (κ3) is 3.91. The molecule has 1 aromatic heterocycles. The van der Waals surface area contributed by atoms with E-state index in [0.717, 1.165) is 36.1 Å². The Morgan fingerprint density at radius 1 is 1.19 bits per heavy atom. The van der Waals surface area contributed by atoms with Crippen molar-refractivity contribution in [1.29, 1.82) is 0 Å². The highest BCUT2D eigenvalue weighted by Crippen LogP contribution is 2.26. The van der Waals surface area contributed by atoms with Crippen molar-refractivity contribution in [2.75, 3.05) is 6.54 Å². The number of hydrogen-bond donors (Lipinski definition) is 1. The monoisotopic (exact) mass is 293 g/mol. The molecule has 114 valence electrons. The molecule has 0 aliphatic carbocycles. The summed E-state index contributed by atoms with van der Waals surface area (Å²) in [7, 11) is 0. The summed E-state index contributed by atoms with van der Waals surface area (Å²) < 4.78 is 32.7. The number of halogens is 2. The van der Waals surface area contributed by atoms with E-state index in [-0.39, 0.29) is 11.9 Å². The molecule has 1 heterocycles. The average molecular weight is 293 g/mol. The molecule has 0 aliphatic heterocycles. The largest absolute Gasteiger partial charge is 0.466 e. The van der Waals surface area contributed by atoms with Crippen molar-refractivity contribution in [2.24, 2.45) is 0 Å². The van der Waals surface area contributed by atoms with Crippen LogP contribution in [0.2, 0.25) is 0 Å². The van der Waals surface area contributed by atoms with Crippen LogP contribution in [0.15, 0.2) is 28.7 Å². The van der Waals surface area contributed by atoms with E-state index in [1.807, 2.05) is 19.9 Å². The Kier molecular flexibility index (Phi) is 5.12. The van der Waals surface area contributed by atoms with Crippen LogP contribution < -0.4 is 5.32 Å². The Balaban J connectivity index is 2.28. The highest BCUT2D eigenvalue weighted by Gasteiger charge is 2.19. The number of furan rings is 1. The molecule has 21 heavy (non-hydrogen) atoms. The lowest BCUT2D eigenvalue weighted by atomic mass is 9.98. The minimum Gasteiger partial charge on any atom is -0.466 e. The van der Waals surface area contributed by atoms with Crippen LogP contribution >= 0.6 is 0 Å². The van der Waals surface area contributed by atoms with E-state index in [0.29, 0.717) is 12.0 Å². The van der Waals surface area contributed by atoms with Crippen molar-refractivity contribution < 1.29 is 13.2 Å². The zero-order chi connectivity index (χ0) is 15.4. The van der Waals surface area contributed by atoms with Crippen molar-refractivity contribution in [3.8, 4) is 0 Å². The molecule has 0 radical (unpaired) electrons. The van der Waals surface area contributed by atoms with Crippen molar-refractivity contribution in [2.45, 2.75) is 39.7 Å². The second-order valence-electron chi connectivity index (χ2n) is 5.32. The van der Waals surface area contributed by atoms with Gasteiger partial charge < -0.3 is 9.73 Å². The minimum absolute atomic E-state index is 0.0845. The fourth-order valence-corrected chi connectivity index (χ4v) is 2.53. The van der Waals surface area contributed by atoms with E-state index in [9.17, 15) is 8.78 Å². The summed E-state index contributed by atoms with van der Waals surface area (Å²) >= 11 is 0. The van der Waals surface area contributed by atoms with Crippen LogP contribution in [0, 0.1) is 25.5 Å². The molecule has 0 fully saturated rings. The Labute approximate surface area is 124 Å². The first kappa shape index (κ1) is 15.7. The van der Waals surface area contributed by atoms with E-state index in [1.54, 1.807) is 0 Å². The molecule has 2 nitrogen and oxygen atoms in total. The maximum Gasteiger partial charge on any atom is 0.126 e. The minimum atomic E-state index is -0.416. The molecule has 2 rings (SSSR count). The van der Waals surface area contributed by atoms with Crippen LogP contribution in [-0.2, 0) is 6.42 Å². The maximum absolute atomic E-state index is 13.9. The van der Waals surface area contributed by atoms with Gasteiger partial charge in [0, 0.05) is 11.6 Å². The van der Waals surface area contributed by atoms with E-state index < -0.39 is 5.82 Å². The van der Waals surface area contributed by atoms with Crippen LogP contribution in [0.3, 0.4) is 0 Å². The van der Waals surface area contributed by atoms with Gasteiger partial charge in [-0.05, 0) is 63.1 Å². The van der Waals surface area contributed by atoms with Crippen LogP contribution in [-0.4, -0.2) is 6.54 Å². The van der Waals surface area contributed by atoms with E-state index in [2.05, 4.69) is 12.2 Å². The lowest BCUT2D eigenvalue weighted by Gasteiger charge is -2.18. The summed E-state index contributed by atoms with van der Waals surface area (Å²) in [4.78, 5) is 0. The zero-order valence-electron chi connectivity index (χ0n) is 12.7. The molecule has 4 heteroatoms. The maximum atomic E-state index is 13.9. The number of benzene rings is 1. The third-order valence-electron chi connectivity index (χ3n) is 3.53. The molecule has 1 atom stereocenters. The van der Waals surface area contributed by atoms with Crippen molar-refractivity contribution in [1.82, 2.24) is 5.32 Å². The highest BCUT2D eigenvalue weighted by atomic mass is 19.1. The van der Waals surface area contributed by atoms with Gasteiger partial charge in [-0.3, -0.25) is 0 Å². The second kappa shape index (κ2) is 6.85. The first-order chi connectivity index (χ1) is 10.0. The number of hydrogen-bond acceptors (Lipinski definition) is 2. The summed E-state index contributed by atoms with van der Waals surface area (Å²) in [5.74, 6) is 0.849. The van der Waals surface area contributed by atoms with Gasteiger partial charge >= 0.3 is 0 Å². The van der Waals surface area contributed by atoms with E-state index in [1.165, 1.54) is 12.1 Å². The summed E-state index contributed by atoms with van der Waals surface area (Å²) in [6, 6.07) is 5.45. The summed E-state index contributed by atoms with van der Waals surface area (Å²) in [5, 5.41) is 3.39. The van der Waals surface area contributed by atoms with Gasteiger partial charge in [-0.1, -0.05) is 6.92 Å². The highest BCUT2D eigenvalue weighted by molar-refractivity contribution is 5.28. The predicted octanol–water partition coefficient (Wildman–Crippen LogP) is 4.46. The van der Waals surface area contributed by atoms with Gasteiger partial charge in [0.25, 0.3) is 0 Å². The quantitative estimate of drug-likeness (QED) is 0.850. The topological polar surface area (TPSA) is 25.2 Å². The predicted molar refractivity (Wildman–Crippen MR) is 79.3 cm³/mol. The Bertz CT molecular complexity index is 607. The van der Waals surface area contributed by atoms with Gasteiger partial charge in [0.2, 0.25) is 0 Å². The van der Waals surface area contributed by atoms with Gasteiger partial charge in [0.05, 0.1) is 0 Å². The average Bonchev–Trinajstić information content (AvgIpc) is 2.77. The molecule has 0 amide bonds. The Morgan fingerprint density at radius 3 is 2.57 bits per heavy atom. The van der Waals surface area contributed by atoms with Crippen LogP contribution in [0.5, 0.6) is 0 Å². The fraction of sp³-hybridized carbons (Fsp3) is 0.412. The molecule has 0 saturated heterocycles. The number of aryl methyl sites for hydroxylation is 2. The van der Waals surface area contributed by atoms with Crippen molar-refractivity contribution >= 4 is 0 Å². The fourth-order valence-electron chi connectivity index (χ4n) is 2.53.